The predicted octanol–water partition coefficient (Wildman–Crippen LogP) is 0.936. The monoisotopic (exact) mass is 144 g/mol. The van der Waals surface area contributed by atoms with E-state index >= 15 is 0 Å². The minimum atomic E-state index is 0.281. The largest absolute Gasteiger partial charge is 0.318 e. The summed E-state index contributed by atoms with van der Waals surface area (Å²) in [5.41, 5.74) is 0.281. The molecule has 0 unspecified atom stereocenters. The van der Waals surface area contributed by atoms with Crippen molar-refractivity contribution in [2.24, 2.45) is 0 Å². The molecule has 0 aromatic rings. The smallest absolute Gasteiger partial charge is 0.0274 e. The van der Waals surface area contributed by atoms with Crippen molar-refractivity contribution in [1.29, 1.82) is 0 Å². The van der Waals surface area contributed by atoms with E-state index in [1.165, 1.54) is 0 Å². The van der Waals surface area contributed by atoms with E-state index in [1.807, 2.05) is 7.05 Å². The zero-order valence-corrected chi connectivity index (χ0v) is 7.86. The van der Waals surface area contributed by atoms with E-state index < -0.39 is 0 Å². The molecule has 0 amide bonds. The Balaban J connectivity index is 3.82. The molecule has 0 bridgehead atoms. The van der Waals surface area contributed by atoms with Gasteiger partial charge in [0.1, 0.15) is 0 Å². The number of nitrogens with one attached hydrogen (secondary N) is 1. The van der Waals surface area contributed by atoms with Crippen molar-refractivity contribution in [3.63, 3.8) is 0 Å². The van der Waals surface area contributed by atoms with Crippen LogP contribution in [0.2, 0.25) is 0 Å². The summed E-state index contributed by atoms with van der Waals surface area (Å²) < 4.78 is 0. The van der Waals surface area contributed by atoms with E-state index in [4.69, 9.17) is 0 Å². The molecule has 0 saturated heterocycles. The van der Waals surface area contributed by atoms with Crippen molar-refractivity contribution < 1.29 is 0 Å². The van der Waals surface area contributed by atoms with Crippen LogP contribution >= 0.6 is 0 Å². The lowest BCUT2D eigenvalue weighted by Gasteiger charge is -2.34. The molecule has 0 spiro atoms. The summed E-state index contributed by atoms with van der Waals surface area (Å²) in [6.07, 6.45) is 0. The van der Waals surface area contributed by atoms with Gasteiger partial charge < -0.3 is 10.2 Å². The van der Waals surface area contributed by atoms with Crippen molar-refractivity contribution in [3.8, 4) is 0 Å². The molecule has 0 radical (unpaired) electrons. The molecule has 0 aliphatic carbocycles. The molecule has 0 aliphatic rings. The Hall–Kier alpha value is -0.0800. The van der Waals surface area contributed by atoms with Crippen LogP contribution in [0.3, 0.4) is 0 Å². The first kappa shape index (κ1) is 9.92. The highest BCUT2D eigenvalue weighted by Gasteiger charge is 2.20. The van der Waals surface area contributed by atoms with Gasteiger partial charge in [0.25, 0.3) is 0 Å². The van der Waals surface area contributed by atoms with Crippen molar-refractivity contribution in [3.05, 3.63) is 0 Å². The maximum absolute atomic E-state index is 3.18. The van der Waals surface area contributed by atoms with E-state index in [0.717, 1.165) is 13.1 Å². The molecule has 0 heterocycles. The maximum Gasteiger partial charge on any atom is 0.0274 e. The molecular formula is C8H20N2. The van der Waals surface area contributed by atoms with Crippen LogP contribution in [-0.2, 0) is 0 Å². The van der Waals surface area contributed by atoms with Crippen LogP contribution in [0.25, 0.3) is 0 Å². The van der Waals surface area contributed by atoms with Gasteiger partial charge in [0.2, 0.25) is 0 Å². The van der Waals surface area contributed by atoms with Crippen molar-refractivity contribution in [2.75, 3.05) is 27.2 Å². The van der Waals surface area contributed by atoms with Crippen molar-refractivity contribution >= 4 is 0 Å². The number of rotatable bonds is 4. The molecule has 0 rings (SSSR count). The van der Waals surface area contributed by atoms with Gasteiger partial charge in [-0.15, -0.1) is 0 Å². The number of likely N-dealkylation sites (N-methyl/N-ethyl adjacent to an activating group) is 2. The highest BCUT2D eigenvalue weighted by Crippen LogP contribution is 2.09. The molecule has 1 N–H and O–H groups in total. The highest BCUT2D eigenvalue weighted by atomic mass is 15.2. The summed E-state index contributed by atoms with van der Waals surface area (Å²) in [6.45, 7) is 8.81. The Kier molecular flexibility index (Phi) is 3.91. The van der Waals surface area contributed by atoms with E-state index in [0.29, 0.717) is 0 Å². The van der Waals surface area contributed by atoms with Gasteiger partial charge in [-0.25, -0.2) is 0 Å². The molecule has 62 valence electrons. The van der Waals surface area contributed by atoms with Gasteiger partial charge in [0.05, 0.1) is 0 Å². The lowest BCUT2D eigenvalue weighted by Crippen LogP contribution is -2.47. The fourth-order valence-electron chi connectivity index (χ4n) is 0.996. The quantitative estimate of drug-likeness (QED) is 0.631. The van der Waals surface area contributed by atoms with Crippen LogP contribution in [0.1, 0.15) is 20.8 Å². The third-order valence-electron chi connectivity index (χ3n) is 2.12. The summed E-state index contributed by atoms with van der Waals surface area (Å²) in [7, 11) is 4.14. The average molecular weight is 144 g/mol. The normalized spacial score (nSPS) is 12.6. The Morgan fingerprint density at radius 1 is 1.40 bits per heavy atom. The fraction of sp³-hybridized carbons (Fsp3) is 1.00. The van der Waals surface area contributed by atoms with Crippen LogP contribution in [0.15, 0.2) is 0 Å². The molecule has 0 aliphatic heterocycles. The minimum absolute atomic E-state index is 0.281. The van der Waals surface area contributed by atoms with Crippen LogP contribution < -0.4 is 5.32 Å². The predicted molar refractivity (Wildman–Crippen MR) is 46.3 cm³/mol. The third kappa shape index (κ3) is 2.67. The SMILES string of the molecule is CCN(C)C(C)(C)CNC. The van der Waals surface area contributed by atoms with E-state index in [2.05, 4.69) is 38.0 Å². The zero-order valence-electron chi connectivity index (χ0n) is 7.86. The average Bonchev–Trinajstić information content (AvgIpc) is 1.86. The van der Waals surface area contributed by atoms with Gasteiger partial charge in [0, 0.05) is 12.1 Å². The Morgan fingerprint density at radius 3 is 2.20 bits per heavy atom. The van der Waals surface area contributed by atoms with E-state index in [1.54, 1.807) is 0 Å². The van der Waals surface area contributed by atoms with Gasteiger partial charge >= 0.3 is 0 Å². The standard InChI is InChI=1S/C8H20N2/c1-6-10(5)8(2,3)7-9-4/h9H,6-7H2,1-5H3. The Labute approximate surface area is 64.6 Å². The number of hydrogen-bond acceptors (Lipinski definition) is 2. The molecule has 0 aromatic heterocycles. The molecule has 0 atom stereocenters. The van der Waals surface area contributed by atoms with E-state index in [9.17, 15) is 0 Å². The van der Waals surface area contributed by atoms with Crippen LogP contribution in [-0.4, -0.2) is 37.6 Å². The van der Waals surface area contributed by atoms with Crippen molar-refractivity contribution in [2.45, 2.75) is 26.3 Å². The lowest BCUT2D eigenvalue weighted by molar-refractivity contribution is 0.164. The van der Waals surface area contributed by atoms with Crippen LogP contribution in [0.4, 0.5) is 0 Å². The first-order valence-corrected chi connectivity index (χ1v) is 3.90. The first-order valence-electron chi connectivity index (χ1n) is 3.90. The van der Waals surface area contributed by atoms with Gasteiger partial charge in [-0.1, -0.05) is 6.92 Å². The third-order valence-corrected chi connectivity index (χ3v) is 2.12. The van der Waals surface area contributed by atoms with Gasteiger partial charge in [-0.3, -0.25) is 0 Å². The summed E-state index contributed by atoms with van der Waals surface area (Å²) in [5, 5.41) is 3.18. The highest BCUT2D eigenvalue weighted by molar-refractivity contribution is 4.79. The van der Waals surface area contributed by atoms with Crippen molar-refractivity contribution in [1.82, 2.24) is 10.2 Å². The molecule has 0 fully saturated rings. The first-order chi connectivity index (χ1) is 4.54. The molecular weight excluding hydrogens is 124 g/mol. The van der Waals surface area contributed by atoms with Gasteiger partial charge in [-0.05, 0) is 34.5 Å². The second kappa shape index (κ2) is 3.94. The summed E-state index contributed by atoms with van der Waals surface area (Å²) in [4.78, 5) is 2.34. The minimum Gasteiger partial charge on any atom is -0.318 e. The summed E-state index contributed by atoms with van der Waals surface area (Å²) in [6, 6.07) is 0. The van der Waals surface area contributed by atoms with E-state index in [-0.39, 0.29) is 5.54 Å². The maximum atomic E-state index is 3.18. The molecule has 2 heteroatoms. The van der Waals surface area contributed by atoms with Crippen LogP contribution in [0.5, 0.6) is 0 Å². The Morgan fingerprint density at radius 2 is 1.90 bits per heavy atom. The molecule has 0 aromatic carbocycles. The summed E-state index contributed by atoms with van der Waals surface area (Å²) >= 11 is 0. The lowest BCUT2D eigenvalue weighted by atomic mass is 10.0. The molecule has 0 saturated carbocycles. The number of hydrogen-bond donors (Lipinski definition) is 1. The van der Waals surface area contributed by atoms with Gasteiger partial charge in [-0.2, -0.15) is 0 Å². The van der Waals surface area contributed by atoms with Gasteiger partial charge in [0.15, 0.2) is 0 Å². The number of nitrogens with zero attached hydrogens (tertiary/aromatic N) is 1. The zero-order chi connectivity index (χ0) is 8.20. The Bertz CT molecular complexity index is 89.3. The second-order valence-electron chi connectivity index (χ2n) is 3.36. The molecule has 10 heavy (non-hydrogen) atoms. The fourth-order valence-corrected chi connectivity index (χ4v) is 0.996. The van der Waals surface area contributed by atoms with Crippen LogP contribution in [0, 0.1) is 0 Å². The molecule has 2 nitrogen and oxygen atoms in total. The second-order valence-corrected chi connectivity index (χ2v) is 3.36. The summed E-state index contributed by atoms with van der Waals surface area (Å²) in [5.74, 6) is 0. The topological polar surface area (TPSA) is 15.3 Å².